The number of carbonyl (C=O) groups excluding carboxylic acids is 1. The van der Waals surface area contributed by atoms with Crippen LogP contribution in [0.4, 0.5) is 4.39 Å². The van der Waals surface area contributed by atoms with Crippen LogP contribution in [-0.2, 0) is 24.3 Å². The highest BCUT2D eigenvalue weighted by Gasteiger charge is 2.08. The number of hydrogen-bond donors (Lipinski definition) is 2. The quantitative estimate of drug-likeness (QED) is 0.489. The molecule has 0 saturated carbocycles. The van der Waals surface area contributed by atoms with E-state index in [0.29, 0.717) is 30.2 Å². The Bertz CT molecular complexity index is 868. The normalized spacial score (nSPS) is 11.3. The standard InChI is InChI=1S/C23H31FN4O2/c1-5-25-23(27-15-18-9-10-21(24)20(14-18)16-30-4)26-12-11-17-7-6-8-19(13-17)22(29)28(2)3/h6-10,13-14H,5,11-12,15-16H2,1-4H3,(H2,25,26,27). The average Bonchev–Trinajstić information content (AvgIpc) is 2.73. The molecule has 0 saturated heterocycles. The summed E-state index contributed by atoms with van der Waals surface area (Å²) in [4.78, 5) is 18.3. The van der Waals surface area contributed by atoms with E-state index >= 15 is 0 Å². The molecular weight excluding hydrogens is 383 g/mol. The van der Waals surface area contributed by atoms with E-state index < -0.39 is 0 Å². The lowest BCUT2D eigenvalue weighted by atomic mass is 10.1. The Morgan fingerprint density at radius 1 is 1.13 bits per heavy atom. The van der Waals surface area contributed by atoms with E-state index in [0.717, 1.165) is 24.1 Å². The number of carbonyl (C=O) groups is 1. The second-order valence-corrected chi connectivity index (χ2v) is 7.13. The molecule has 1 amide bonds. The van der Waals surface area contributed by atoms with E-state index in [1.165, 1.54) is 6.07 Å². The number of aliphatic imine (C=N–C) groups is 1. The van der Waals surface area contributed by atoms with Gasteiger partial charge in [-0.25, -0.2) is 9.38 Å². The van der Waals surface area contributed by atoms with Crippen LogP contribution in [0.1, 0.15) is 34.0 Å². The van der Waals surface area contributed by atoms with Gasteiger partial charge in [0.05, 0.1) is 13.2 Å². The van der Waals surface area contributed by atoms with Crippen LogP contribution >= 0.6 is 0 Å². The molecule has 0 unspecified atom stereocenters. The molecule has 2 aromatic carbocycles. The van der Waals surface area contributed by atoms with Gasteiger partial charge >= 0.3 is 0 Å². The fourth-order valence-corrected chi connectivity index (χ4v) is 2.95. The fourth-order valence-electron chi connectivity index (χ4n) is 2.95. The molecule has 0 heterocycles. The van der Waals surface area contributed by atoms with Gasteiger partial charge in [0.1, 0.15) is 5.82 Å². The second kappa shape index (κ2) is 11.9. The van der Waals surface area contributed by atoms with E-state index in [2.05, 4.69) is 15.6 Å². The Morgan fingerprint density at radius 3 is 2.63 bits per heavy atom. The lowest BCUT2D eigenvalue weighted by molar-refractivity contribution is 0.0827. The number of guanidine groups is 1. The summed E-state index contributed by atoms with van der Waals surface area (Å²) in [6, 6.07) is 12.6. The van der Waals surface area contributed by atoms with Gasteiger partial charge in [0.2, 0.25) is 0 Å². The molecule has 0 aromatic heterocycles. The Kier molecular flexibility index (Phi) is 9.28. The minimum Gasteiger partial charge on any atom is -0.380 e. The monoisotopic (exact) mass is 414 g/mol. The smallest absolute Gasteiger partial charge is 0.253 e. The summed E-state index contributed by atoms with van der Waals surface area (Å²) in [6.07, 6.45) is 0.757. The minimum absolute atomic E-state index is 0.00755. The first-order chi connectivity index (χ1) is 14.4. The highest BCUT2D eigenvalue weighted by Crippen LogP contribution is 2.12. The van der Waals surface area contributed by atoms with Crippen molar-refractivity contribution in [3.63, 3.8) is 0 Å². The number of nitrogens with zero attached hydrogens (tertiary/aromatic N) is 2. The van der Waals surface area contributed by atoms with Crippen LogP contribution in [0.2, 0.25) is 0 Å². The molecule has 2 rings (SSSR count). The van der Waals surface area contributed by atoms with Gasteiger partial charge in [0.15, 0.2) is 5.96 Å². The Hall–Kier alpha value is -2.93. The minimum atomic E-state index is -0.274. The van der Waals surface area contributed by atoms with Crippen molar-refractivity contribution >= 4 is 11.9 Å². The van der Waals surface area contributed by atoms with E-state index in [1.807, 2.05) is 31.2 Å². The second-order valence-electron chi connectivity index (χ2n) is 7.13. The third-order valence-electron chi connectivity index (χ3n) is 4.46. The topological polar surface area (TPSA) is 66.0 Å². The number of amides is 1. The first-order valence-electron chi connectivity index (χ1n) is 10.0. The summed E-state index contributed by atoms with van der Waals surface area (Å²) >= 11 is 0. The maximum Gasteiger partial charge on any atom is 0.253 e. The maximum atomic E-state index is 13.8. The number of benzene rings is 2. The van der Waals surface area contributed by atoms with E-state index in [9.17, 15) is 9.18 Å². The van der Waals surface area contributed by atoms with Crippen LogP contribution in [0.5, 0.6) is 0 Å². The molecule has 2 N–H and O–H groups in total. The zero-order valence-corrected chi connectivity index (χ0v) is 18.2. The number of rotatable bonds is 9. The highest BCUT2D eigenvalue weighted by atomic mass is 19.1. The molecule has 0 aliphatic rings. The van der Waals surface area contributed by atoms with Crippen LogP contribution in [-0.4, -0.2) is 51.1 Å². The third kappa shape index (κ3) is 7.15. The first kappa shape index (κ1) is 23.3. The van der Waals surface area contributed by atoms with E-state index in [1.54, 1.807) is 38.2 Å². The average molecular weight is 415 g/mol. The summed E-state index contributed by atoms with van der Waals surface area (Å²) in [7, 11) is 5.04. The molecule has 2 aromatic rings. The van der Waals surface area contributed by atoms with Crippen molar-refractivity contribution in [3.8, 4) is 0 Å². The zero-order chi connectivity index (χ0) is 21.9. The van der Waals surface area contributed by atoms with Gasteiger partial charge in [-0.05, 0) is 48.7 Å². The highest BCUT2D eigenvalue weighted by molar-refractivity contribution is 5.94. The SMILES string of the molecule is CCNC(=NCc1ccc(F)c(COC)c1)NCCc1cccc(C(=O)N(C)C)c1. The van der Waals surface area contributed by atoms with Crippen molar-refractivity contribution in [2.45, 2.75) is 26.5 Å². The van der Waals surface area contributed by atoms with Crippen molar-refractivity contribution in [1.82, 2.24) is 15.5 Å². The summed E-state index contributed by atoms with van der Waals surface area (Å²) in [5.41, 5.74) is 3.20. The van der Waals surface area contributed by atoms with Gasteiger partial charge in [-0.2, -0.15) is 0 Å². The predicted octanol–water partition coefficient (Wildman–Crippen LogP) is 2.97. The van der Waals surface area contributed by atoms with Crippen LogP contribution in [0, 0.1) is 5.82 Å². The lowest BCUT2D eigenvalue weighted by Crippen LogP contribution is -2.38. The summed E-state index contributed by atoms with van der Waals surface area (Å²) in [5.74, 6) is 0.409. The molecule has 0 aliphatic heterocycles. The molecule has 7 heteroatoms. The molecule has 6 nitrogen and oxygen atoms in total. The number of halogens is 1. The summed E-state index contributed by atoms with van der Waals surface area (Å²) < 4.78 is 18.8. The van der Waals surface area contributed by atoms with Crippen molar-refractivity contribution in [2.75, 3.05) is 34.3 Å². The van der Waals surface area contributed by atoms with Crippen molar-refractivity contribution in [1.29, 1.82) is 0 Å². The number of ether oxygens (including phenoxy) is 1. The molecule has 0 atom stereocenters. The van der Waals surface area contributed by atoms with Crippen molar-refractivity contribution in [3.05, 3.63) is 70.5 Å². The summed E-state index contributed by atoms with van der Waals surface area (Å²) in [6.45, 7) is 4.07. The first-order valence-corrected chi connectivity index (χ1v) is 10.0. The number of methoxy groups -OCH3 is 1. The van der Waals surface area contributed by atoms with E-state index in [-0.39, 0.29) is 18.3 Å². The predicted molar refractivity (Wildman–Crippen MR) is 118 cm³/mol. The number of nitrogens with one attached hydrogen (secondary N) is 2. The third-order valence-corrected chi connectivity index (χ3v) is 4.46. The molecule has 0 aliphatic carbocycles. The summed E-state index contributed by atoms with van der Waals surface area (Å²) in [5, 5.41) is 6.52. The lowest BCUT2D eigenvalue weighted by Gasteiger charge is -2.13. The van der Waals surface area contributed by atoms with Gasteiger partial charge in [-0.1, -0.05) is 18.2 Å². The number of hydrogen-bond acceptors (Lipinski definition) is 3. The molecule has 30 heavy (non-hydrogen) atoms. The molecule has 0 spiro atoms. The zero-order valence-electron chi connectivity index (χ0n) is 18.2. The van der Waals surface area contributed by atoms with Crippen LogP contribution < -0.4 is 10.6 Å². The maximum absolute atomic E-state index is 13.8. The molecular formula is C23H31FN4O2. The van der Waals surface area contributed by atoms with Crippen LogP contribution in [0.25, 0.3) is 0 Å². The van der Waals surface area contributed by atoms with Crippen molar-refractivity contribution in [2.24, 2.45) is 4.99 Å². The molecule has 0 radical (unpaired) electrons. The molecule has 162 valence electrons. The van der Waals surface area contributed by atoms with Gasteiger partial charge in [0.25, 0.3) is 5.91 Å². The van der Waals surface area contributed by atoms with Gasteiger partial charge in [-0.15, -0.1) is 0 Å². The largest absolute Gasteiger partial charge is 0.380 e. The Balaban J connectivity index is 1.97. The van der Waals surface area contributed by atoms with Crippen molar-refractivity contribution < 1.29 is 13.9 Å². The Morgan fingerprint density at radius 2 is 1.93 bits per heavy atom. The van der Waals surface area contributed by atoms with E-state index in [4.69, 9.17) is 4.74 Å². The Labute approximate surface area is 178 Å². The van der Waals surface area contributed by atoms with Gasteiger partial charge in [-0.3, -0.25) is 4.79 Å². The van der Waals surface area contributed by atoms with Gasteiger partial charge in [0, 0.05) is 45.4 Å². The molecule has 0 fully saturated rings. The fraction of sp³-hybridized carbons (Fsp3) is 0.391. The van der Waals surface area contributed by atoms with Crippen LogP contribution in [0.15, 0.2) is 47.5 Å². The van der Waals surface area contributed by atoms with Crippen LogP contribution in [0.3, 0.4) is 0 Å². The molecule has 0 bridgehead atoms. The van der Waals surface area contributed by atoms with Gasteiger partial charge < -0.3 is 20.3 Å².